The van der Waals surface area contributed by atoms with Gasteiger partial charge in [0.25, 0.3) is 0 Å². The van der Waals surface area contributed by atoms with E-state index in [1.807, 2.05) is 24.4 Å². The maximum atomic E-state index is 14.5. The van der Waals surface area contributed by atoms with Crippen molar-refractivity contribution in [2.45, 2.75) is 38.5 Å². The van der Waals surface area contributed by atoms with Crippen molar-refractivity contribution in [3.8, 4) is 0 Å². The van der Waals surface area contributed by atoms with Gasteiger partial charge < -0.3 is 9.80 Å². The van der Waals surface area contributed by atoms with E-state index in [9.17, 15) is 9.18 Å². The van der Waals surface area contributed by atoms with Crippen molar-refractivity contribution >= 4 is 16.8 Å². The van der Waals surface area contributed by atoms with Gasteiger partial charge in [-0.05, 0) is 87.8 Å². The number of carbonyl (C=O) groups excluding carboxylic acids is 1. The van der Waals surface area contributed by atoms with Crippen LogP contribution in [0.2, 0.25) is 0 Å². The van der Waals surface area contributed by atoms with Crippen molar-refractivity contribution in [2.24, 2.45) is 11.3 Å². The van der Waals surface area contributed by atoms with Crippen molar-refractivity contribution in [3.05, 3.63) is 77.7 Å². The lowest BCUT2D eigenvalue weighted by Crippen LogP contribution is -2.52. The molecule has 5 heteroatoms. The summed E-state index contributed by atoms with van der Waals surface area (Å²) >= 11 is 0. The second kappa shape index (κ2) is 9.83. The van der Waals surface area contributed by atoms with E-state index in [0.717, 1.165) is 63.8 Å². The number of hydrogen-bond donors (Lipinski definition) is 0. The molecule has 2 aliphatic rings. The number of benzene rings is 2. The van der Waals surface area contributed by atoms with E-state index in [1.165, 1.54) is 17.0 Å². The molecule has 3 aromatic rings. The second-order valence-corrected chi connectivity index (χ2v) is 10.3. The number of piperidine rings is 2. The molecule has 2 fully saturated rings. The lowest BCUT2D eigenvalue weighted by molar-refractivity contribution is -0.146. The first-order valence-corrected chi connectivity index (χ1v) is 12.6. The highest BCUT2D eigenvalue weighted by Crippen LogP contribution is 2.39. The van der Waals surface area contributed by atoms with Gasteiger partial charge in [-0.2, -0.15) is 0 Å². The standard InChI is InChI=1S/C29H34FN3O/c1-32-18-13-29(14-19-32,21-25-6-2-3-10-26(25)30)28(34)33-16-11-22(12-17-33)20-24-8-4-7-23-9-5-15-31-27(23)24/h2-10,15,22H,11-14,16-21H2,1H3. The number of halogens is 1. The Bertz CT molecular complexity index is 1140. The van der Waals surface area contributed by atoms with Crippen LogP contribution in [0, 0.1) is 17.2 Å². The highest BCUT2D eigenvalue weighted by Gasteiger charge is 2.44. The van der Waals surface area contributed by atoms with Gasteiger partial charge >= 0.3 is 0 Å². The van der Waals surface area contributed by atoms with Crippen LogP contribution in [0.15, 0.2) is 60.8 Å². The van der Waals surface area contributed by atoms with Gasteiger partial charge in [0.1, 0.15) is 5.82 Å². The van der Waals surface area contributed by atoms with Gasteiger partial charge in [-0.15, -0.1) is 0 Å². The maximum absolute atomic E-state index is 14.5. The number of pyridine rings is 1. The first kappa shape index (κ1) is 23.0. The Hall–Kier alpha value is -2.79. The molecule has 0 aliphatic carbocycles. The summed E-state index contributed by atoms with van der Waals surface area (Å²) in [6.45, 7) is 3.34. The third-order valence-electron chi connectivity index (χ3n) is 8.01. The third-order valence-corrected chi connectivity index (χ3v) is 8.01. The van der Waals surface area contributed by atoms with Crippen LogP contribution in [0.3, 0.4) is 0 Å². The van der Waals surface area contributed by atoms with E-state index >= 15 is 0 Å². The van der Waals surface area contributed by atoms with E-state index in [2.05, 4.69) is 46.1 Å². The molecule has 0 atom stereocenters. The molecule has 3 heterocycles. The van der Waals surface area contributed by atoms with Crippen LogP contribution in [-0.2, 0) is 17.6 Å². The molecule has 34 heavy (non-hydrogen) atoms. The van der Waals surface area contributed by atoms with E-state index < -0.39 is 5.41 Å². The Labute approximate surface area is 201 Å². The molecule has 2 saturated heterocycles. The predicted octanol–water partition coefficient (Wildman–Crippen LogP) is 5.11. The minimum absolute atomic E-state index is 0.198. The number of nitrogens with zero attached hydrogens (tertiary/aromatic N) is 3. The molecular formula is C29H34FN3O. The van der Waals surface area contributed by atoms with E-state index in [-0.39, 0.29) is 11.7 Å². The molecule has 4 nitrogen and oxygen atoms in total. The average molecular weight is 460 g/mol. The largest absolute Gasteiger partial charge is 0.342 e. The fourth-order valence-electron chi connectivity index (χ4n) is 5.84. The van der Waals surface area contributed by atoms with Crippen LogP contribution >= 0.6 is 0 Å². The average Bonchev–Trinajstić information content (AvgIpc) is 2.87. The molecule has 1 amide bonds. The van der Waals surface area contributed by atoms with Crippen molar-refractivity contribution in [3.63, 3.8) is 0 Å². The lowest BCUT2D eigenvalue weighted by atomic mass is 9.72. The van der Waals surface area contributed by atoms with Crippen LogP contribution < -0.4 is 0 Å². The van der Waals surface area contributed by atoms with Gasteiger partial charge in [0, 0.05) is 24.7 Å². The van der Waals surface area contributed by atoms with Crippen molar-refractivity contribution in [2.75, 3.05) is 33.2 Å². The number of para-hydroxylation sites is 1. The van der Waals surface area contributed by atoms with Crippen LogP contribution in [0.5, 0.6) is 0 Å². The van der Waals surface area contributed by atoms with Gasteiger partial charge in [0.2, 0.25) is 5.91 Å². The molecule has 0 unspecified atom stereocenters. The van der Waals surface area contributed by atoms with Crippen LogP contribution in [0.1, 0.15) is 36.8 Å². The lowest BCUT2D eigenvalue weighted by Gasteiger charge is -2.44. The first-order chi connectivity index (χ1) is 16.5. The fourth-order valence-corrected chi connectivity index (χ4v) is 5.84. The molecule has 178 valence electrons. The Balaban J connectivity index is 1.28. The number of carbonyl (C=O) groups is 1. The molecule has 2 aliphatic heterocycles. The predicted molar refractivity (Wildman–Crippen MR) is 134 cm³/mol. The Morgan fingerprint density at radius 2 is 1.68 bits per heavy atom. The van der Waals surface area contributed by atoms with E-state index in [0.29, 0.717) is 17.9 Å². The Kier molecular flexibility index (Phi) is 6.64. The number of aromatic nitrogens is 1. The first-order valence-electron chi connectivity index (χ1n) is 12.6. The number of hydrogen-bond acceptors (Lipinski definition) is 3. The number of rotatable bonds is 5. The van der Waals surface area contributed by atoms with Crippen molar-refractivity contribution in [1.82, 2.24) is 14.8 Å². The summed E-state index contributed by atoms with van der Waals surface area (Å²) in [7, 11) is 2.10. The van der Waals surface area contributed by atoms with Gasteiger partial charge in [0.15, 0.2) is 0 Å². The number of amides is 1. The monoisotopic (exact) mass is 459 g/mol. The highest BCUT2D eigenvalue weighted by atomic mass is 19.1. The fraction of sp³-hybridized carbons (Fsp3) is 0.448. The molecule has 0 N–H and O–H groups in total. The van der Waals surface area contributed by atoms with Crippen LogP contribution in [0.25, 0.3) is 10.9 Å². The van der Waals surface area contributed by atoms with Crippen molar-refractivity contribution in [1.29, 1.82) is 0 Å². The van der Waals surface area contributed by atoms with E-state index in [1.54, 1.807) is 6.07 Å². The number of likely N-dealkylation sites (tertiary alicyclic amines) is 2. The summed E-state index contributed by atoms with van der Waals surface area (Å²) < 4.78 is 14.5. The van der Waals surface area contributed by atoms with E-state index in [4.69, 9.17) is 0 Å². The van der Waals surface area contributed by atoms with Crippen LogP contribution in [0.4, 0.5) is 4.39 Å². The zero-order valence-corrected chi connectivity index (χ0v) is 20.0. The maximum Gasteiger partial charge on any atom is 0.229 e. The summed E-state index contributed by atoms with van der Waals surface area (Å²) in [5.74, 6) is 0.585. The molecule has 0 bridgehead atoms. The van der Waals surface area contributed by atoms with Gasteiger partial charge in [-0.1, -0.05) is 42.5 Å². The Morgan fingerprint density at radius 1 is 0.971 bits per heavy atom. The minimum Gasteiger partial charge on any atom is -0.342 e. The molecular weight excluding hydrogens is 425 g/mol. The second-order valence-electron chi connectivity index (χ2n) is 10.3. The summed E-state index contributed by atoms with van der Waals surface area (Å²) in [6.07, 6.45) is 6.95. The summed E-state index contributed by atoms with van der Waals surface area (Å²) in [6, 6.07) is 17.5. The van der Waals surface area contributed by atoms with Gasteiger partial charge in [-0.25, -0.2) is 4.39 Å². The molecule has 0 radical (unpaired) electrons. The molecule has 5 rings (SSSR count). The van der Waals surface area contributed by atoms with Gasteiger partial charge in [0.05, 0.1) is 10.9 Å². The Morgan fingerprint density at radius 3 is 2.44 bits per heavy atom. The molecule has 0 spiro atoms. The molecule has 0 saturated carbocycles. The molecule has 1 aromatic heterocycles. The third kappa shape index (κ3) is 4.72. The summed E-state index contributed by atoms with van der Waals surface area (Å²) in [4.78, 5) is 22.9. The minimum atomic E-state index is -0.499. The SMILES string of the molecule is CN1CCC(Cc2ccccc2F)(C(=O)N2CCC(Cc3cccc4cccnc34)CC2)CC1. The number of fused-ring (bicyclic) bond motifs is 1. The van der Waals surface area contributed by atoms with Crippen LogP contribution in [-0.4, -0.2) is 53.9 Å². The molecule has 2 aromatic carbocycles. The van der Waals surface area contributed by atoms with Gasteiger partial charge in [-0.3, -0.25) is 9.78 Å². The smallest absolute Gasteiger partial charge is 0.229 e. The highest BCUT2D eigenvalue weighted by molar-refractivity contribution is 5.83. The normalized spacial score (nSPS) is 19.4. The quantitative estimate of drug-likeness (QED) is 0.532. The summed E-state index contributed by atoms with van der Waals surface area (Å²) in [5, 5.41) is 1.19. The zero-order valence-electron chi connectivity index (χ0n) is 20.0. The van der Waals surface area contributed by atoms with Crippen molar-refractivity contribution < 1.29 is 9.18 Å². The topological polar surface area (TPSA) is 36.4 Å². The zero-order chi connectivity index (χ0) is 23.5. The summed E-state index contributed by atoms with van der Waals surface area (Å²) in [5.41, 5.74) is 2.56.